The maximum atomic E-state index is 11.6. The first-order valence-electron chi connectivity index (χ1n) is 6.38. The first-order chi connectivity index (χ1) is 8.38. The van der Waals surface area contributed by atoms with Gasteiger partial charge in [0, 0.05) is 6.26 Å². The van der Waals surface area contributed by atoms with Crippen molar-refractivity contribution in [3.63, 3.8) is 0 Å². The summed E-state index contributed by atoms with van der Waals surface area (Å²) in [4.78, 5) is 0. The van der Waals surface area contributed by atoms with E-state index in [-0.39, 0.29) is 17.2 Å². The number of rotatable bonds is 3. The molecule has 0 radical (unpaired) electrons. The molecule has 1 aliphatic rings. The van der Waals surface area contributed by atoms with Crippen LogP contribution in [0.1, 0.15) is 43.2 Å². The minimum absolute atomic E-state index is 0.191. The van der Waals surface area contributed by atoms with Gasteiger partial charge in [-0.2, -0.15) is 0 Å². The van der Waals surface area contributed by atoms with Gasteiger partial charge in [0.05, 0.1) is 11.3 Å². The minimum atomic E-state index is -2.96. The fraction of sp³-hybridized carbons (Fsp3) is 0.692. The van der Waals surface area contributed by atoms with Gasteiger partial charge in [-0.15, -0.1) is 0 Å². The van der Waals surface area contributed by atoms with Gasteiger partial charge in [-0.1, -0.05) is 6.42 Å². The van der Waals surface area contributed by atoms with Gasteiger partial charge < -0.3 is 10.2 Å². The third-order valence-corrected chi connectivity index (χ3v) is 5.51. The summed E-state index contributed by atoms with van der Waals surface area (Å²) in [7, 11) is -2.96. The molecule has 3 unspecified atom stereocenters. The number of aryl methyl sites for hydroxylation is 1. The maximum Gasteiger partial charge on any atom is 0.150 e. The Balaban J connectivity index is 2.09. The lowest BCUT2D eigenvalue weighted by molar-refractivity contribution is 0.279. The SMILES string of the molecule is Cc1ccc(C(N)C2CCCC(S(C)(=O)=O)C2)o1. The van der Waals surface area contributed by atoms with Gasteiger partial charge in [0.2, 0.25) is 0 Å². The molecule has 2 N–H and O–H groups in total. The van der Waals surface area contributed by atoms with Crippen molar-refractivity contribution >= 4 is 9.84 Å². The van der Waals surface area contributed by atoms with Crippen LogP contribution in [0.4, 0.5) is 0 Å². The fourth-order valence-corrected chi connectivity index (χ4v) is 3.95. The Morgan fingerprint density at radius 2 is 2.11 bits per heavy atom. The van der Waals surface area contributed by atoms with Crippen LogP contribution in [0, 0.1) is 12.8 Å². The molecule has 4 nitrogen and oxygen atoms in total. The van der Waals surface area contributed by atoms with Gasteiger partial charge >= 0.3 is 0 Å². The highest BCUT2D eigenvalue weighted by Crippen LogP contribution is 2.35. The zero-order valence-electron chi connectivity index (χ0n) is 10.9. The Bertz CT molecular complexity index is 506. The van der Waals surface area contributed by atoms with E-state index in [0.29, 0.717) is 6.42 Å². The van der Waals surface area contributed by atoms with E-state index < -0.39 is 9.84 Å². The lowest BCUT2D eigenvalue weighted by atomic mass is 9.83. The second-order valence-electron chi connectivity index (χ2n) is 5.35. The molecule has 5 heteroatoms. The van der Waals surface area contributed by atoms with Crippen LogP contribution >= 0.6 is 0 Å². The van der Waals surface area contributed by atoms with Crippen molar-refractivity contribution in [2.45, 2.75) is 43.9 Å². The van der Waals surface area contributed by atoms with Crippen molar-refractivity contribution in [3.8, 4) is 0 Å². The van der Waals surface area contributed by atoms with E-state index in [9.17, 15) is 8.42 Å². The summed E-state index contributed by atoms with van der Waals surface area (Å²) in [6.07, 6.45) is 4.64. The molecule has 1 aromatic rings. The molecule has 0 spiro atoms. The summed E-state index contributed by atoms with van der Waals surface area (Å²) in [6.45, 7) is 1.89. The zero-order valence-corrected chi connectivity index (χ0v) is 11.7. The van der Waals surface area contributed by atoms with Gasteiger partial charge in [0.1, 0.15) is 21.4 Å². The average molecular weight is 271 g/mol. The van der Waals surface area contributed by atoms with Crippen molar-refractivity contribution in [1.29, 1.82) is 0 Å². The van der Waals surface area contributed by atoms with Crippen LogP contribution in [-0.4, -0.2) is 19.9 Å². The zero-order chi connectivity index (χ0) is 13.3. The Morgan fingerprint density at radius 1 is 1.39 bits per heavy atom. The molecule has 0 aromatic carbocycles. The highest BCUT2D eigenvalue weighted by Gasteiger charge is 2.33. The Labute approximate surface area is 108 Å². The summed E-state index contributed by atoms with van der Waals surface area (Å²) < 4.78 is 28.8. The second-order valence-corrected chi connectivity index (χ2v) is 7.68. The van der Waals surface area contributed by atoms with Gasteiger partial charge in [-0.05, 0) is 44.2 Å². The molecule has 18 heavy (non-hydrogen) atoms. The first kappa shape index (κ1) is 13.6. The second kappa shape index (κ2) is 5.05. The minimum Gasteiger partial charge on any atom is -0.465 e. The number of hydrogen-bond acceptors (Lipinski definition) is 4. The molecule has 0 saturated heterocycles. The van der Waals surface area contributed by atoms with Gasteiger partial charge in [-0.3, -0.25) is 0 Å². The van der Waals surface area contributed by atoms with Gasteiger partial charge in [0.25, 0.3) is 0 Å². The quantitative estimate of drug-likeness (QED) is 0.914. The van der Waals surface area contributed by atoms with Crippen molar-refractivity contribution in [2.24, 2.45) is 11.7 Å². The van der Waals surface area contributed by atoms with E-state index in [2.05, 4.69) is 0 Å². The standard InChI is InChI=1S/C13H21NO3S/c1-9-6-7-12(17-9)13(14)10-4-3-5-11(8-10)18(2,15)16/h6-7,10-11,13H,3-5,8,14H2,1-2H3. The molecular weight excluding hydrogens is 250 g/mol. The van der Waals surface area contributed by atoms with Crippen molar-refractivity contribution in [2.75, 3.05) is 6.26 Å². The largest absolute Gasteiger partial charge is 0.465 e. The highest BCUT2D eigenvalue weighted by molar-refractivity contribution is 7.91. The molecular formula is C13H21NO3S. The molecule has 1 heterocycles. The van der Waals surface area contributed by atoms with E-state index in [0.717, 1.165) is 30.8 Å². The van der Waals surface area contributed by atoms with Crippen LogP contribution in [0.2, 0.25) is 0 Å². The Morgan fingerprint density at radius 3 is 2.67 bits per heavy atom. The third kappa shape index (κ3) is 2.95. The van der Waals surface area contributed by atoms with Crippen LogP contribution < -0.4 is 5.73 Å². The highest BCUT2D eigenvalue weighted by atomic mass is 32.2. The normalized spacial score (nSPS) is 27.1. The summed E-state index contributed by atoms with van der Waals surface area (Å²) in [5, 5.41) is -0.238. The van der Waals surface area contributed by atoms with E-state index in [1.54, 1.807) is 0 Å². The lowest BCUT2D eigenvalue weighted by Gasteiger charge is -2.31. The number of sulfone groups is 1. The molecule has 1 aromatic heterocycles. The number of hydrogen-bond donors (Lipinski definition) is 1. The Kier molecular flexibility index (Phi) is 3.82. The topological polar surface area (TPSA) is 73.3 Å². The molecule has 1 aliphatic carbocycles. The van der Waals surface area contributed by atoms with Crippen molar-refractivity contribution in [3.05, 3.63) is 23.7 Å². The van der Waals surface area contributed by atoms with Crippen LogP contribution in [0.3, 0.4) is 0 Å². The molecule has 1 saturated carbocycles. The smallest absolute Gasteiger partial charge is 0.150 e. The van der Waals surface area contributed by atoms with Crippen LogP contribution in [0.5, 0.6) is 0 Å². The van der Waals surface area contributed by atoms with Crippen LogP contribution in [0.15, 0.2) is 16.5 Å². The lowest BCUT2D eigenvalue weighted by Crippen LogP contribution is -2.32. The molecule has 0 amide bonds. The van der Waals surface area contributed by atoms with E-state index in [1.165, 1.54) is 6.26 Å². The van der Waals surface area contributed by atoms with Gasteiger partial charge in [0.15, 0.2) is 0 Å². The predicted molar refractivity (Wildman–Crippen MR) is 71.0 cm³/mol. The summed E-state index contributed by atoms with van der Waals surface area (Å²) in [5.41, 5.74) is 6.20. The molecule has 1 fully saturated rings. The Hall–Kier alpha value is -0.810. The van der Waals surface area contributed by atoms with E-state index in [4.69, 9.17) is 10.2 Å². The van der Waals surface area contributed by atoms with Gasteiger partial charge in [-0.25, -0.2) is 8.42 Å². The maximum absolute atomic E-state index is 11.6. The fourth-order valence-electron chi connectivity index (χ4n) is 2.76. The molecule has 2 rings (SSSR count). The van der Waals surface area contributed by atoms with E-state index in [1.807, 2.05) is 19.1 Å². The first-order valence-corrected chi connectivity index (χ1v) is 8.34. The monoisotopic (exact) mass is 271 g/mol. The predicted octanol–water partition coefficient (Wildman–Crippen LogP) is 2.19. The molecule has 102 valence electrons. The van der Waals surface area contributed by atoms with Crippen LogP contribution in [-0.2, 0) is 9.84 Å². The molecule has 0 bridgehead atoms. The summed E-state index contributed by atoms with van der Waals surface area (Å²) in [5.74, 6) is 1.81. The molecule has 0 aliphatic heterocycles. The average Bonchev–Trinajstić information content (AvgIpc) is 2.74. The van der Waals surface area contributed by atoms with E-state index >= 15 is 0 Å². The van der Waals surface area contributed by atoms with Crippen LogP contribution in [0.25, 0.3) is 0 Å². The number of furan rings is 1. The summed E-state index contributed by atoms with van der Waals surface area (Å²) in [6, 6.07) is 3.60. The van der Waals surface area contributed by atoms with Crippen molar-refractivity contribution < 1.29 is 12.8 Å². The number of nitrogens with two attached hydrogens (primary N) is 1. The molecule has 3 atom stereocenters. The third-order valence-electron chi connectivity index (χ3n) is 3.87. The summed E-state index contributed by atoms with van der Waals surface area (Å²) >= 11 is 0. The van der Waals surface area contributed by atoms with Crippen molar-refractivity contribution in [1.82, 2.24) is 0 Å².